The standard InChI is InChI=1S/C11H14Br2N2O/c1-2-4-9(14)11(16)15-10-7(12)5-3-6-8(10)13/h3,5-6,9H,2,4,14H2,1H3,(H,15,16)/t9-/m1/s1. The van der Waals surface area contributed by atoms with Crippen molar-refractivity contribution in [2.75, 3.05) is 5.32 Å². The lowest BCUT2D eigenvalue weighted by molar-refractivity contribution is -0.117. The number of nitrogens with one attached hydrogen (secondary N) is 1. The van der Waals surface area contributed by atoms with Gasteiger partial charge in [-0.05, 0) is 50.4 Å². The molecular formula is C11H14Br2N2O. The van der Waals surface area contributed by atoms with Gasteiger partial charge in [0.1, 0.15) is 0 Å². The minimum Gasteiger partial charge on any atom is -0.323 e. The third-order valence-corrected chi connectivity index (χ3v) is 3.47. The van der Waals surface area contributed by atoms with E-state index in [1.165, 1.54) is 0 Å². The molecule has 0 aliphatic carbocycles. The molecular weight excluding hydrogens is 336 g/mol. The molecule has 3 nitrogen and oxygen atoms in total. The van der Waals surface area contributed by atoms with E-state index in [0.29, 0.717) is 6.42 Å². The second kappa shape index (κ2) is 6.37. The van der Waals surface area contributed by atoms with Crippen molar-refractivity contribution >= 4 is 43.5 Å². The fourth-order valence-corrected chi connectivity index (χ4v) is 2.47. The van der Waals surface area contributed by atoms with E-state index in [1.807, 2.05) is 25.1 Å². The van der Waals surface area contributed by atoms with Gasteiger partial charge in [-0.15, -0.1) is 0 Å². The largest absolute Gasteiger partial charge is 0.323 e. The van der Waals surface area contributed by atoms with Crippen molar-refractivity contribution in [3.63, 3.8) is 0 Å². The van der Waals surface area contributed by atoms with Crippen molar-refractivity contribution in [3.8, 4) is 0 Å². The number of carbonyl (C=O) groups excluding carboxylic acids is 1. The Bertz CT molecular complexity index is 362. The van der Waals surface area contributed by atoms with Crippen LogP contribution in [0.3, 0.4) is 0 Å². The Balaban J connectivity index is 2.77. The summed E-state index contributed by atoms with van der Waals surface area (Å²) in [5, 5.41) is 2.81. The highest BCUT2D eigenvalue weighted by atomic mass is 79.9. The van der Waals surface area contributed by atoms with E-state index in [2.05, 4.69) is 37.2 Å². The molecule has 0 aromatic heterocycles. The molecule has 1 amide bonds. The van der Waals surface area contributed by atoms with Crippen LogP contribution in [0.2, 0.25) is 0 Å². The average molecular weight is 350 g/mol. The summed E-state index contributed by atoms with van der Waals surface area (Å²) in [5.41, 5.74) is 6.45. The summed E-state index contributed by atoms with van der Waals surface area (Å²) < 4.78 is 1.66. The van der Waals surface area contributed by atoms with Gasteiger partial charge in [-0.3, -0.25) is 4.79 Å². The minimum absolute atomic E-state index is 0.158. The lowest BCUT2D eigenvalue weighted by Gasteiger charge is -2.13. The highest BCUT2D eigenvalue weighted by molar-refractivity contribution is 9.11. The predicted molar refractivity (Wildman–Crippen MR) is 73.4 cm³/mol. The molecule has 0 unspecified atom stereocenters. The Morgan fingerprint density at radius 1 is 1.44 bits per heavy atom. The molecule has 0 radical (unpaired) electrons. The molecule has 88 valence electrons. The van der Waals surface area contributed by atoms with Crippen LogP contribution in [0.25, 0.3) is 0 Å². The lowest BCUT2D eigenvalue weighted by Crippen LogP contribution is -2.35. The number of hydrogen-bond donors (Lipinski definition) is 2. The van der Waals surface area contributed by atoms with E-state index in [9.17, 15) is 4.79 Å². The fourth-order valence-electron chi connectivity index (χ4n) is 1.28. The zero-order valence-electron chi connectivity index (χ0n) is 8.97. The minimum atomic E-state index is -0.455. The number of nitrogens with two attached hydrogens (primary N) is 1. The van der Waals surface area contributed by atoms with Crippen LogP contribution in [0.5, 0.6) is 0 Å². The molecule has 0 saturated heterocycles. The number of carbonyl (C=O) groups is 1. The van der Waals surface area contributed by atoms with Gasteiger partial charge in [0.05, 0.1) is 11.7 Å². The Morgan fingerprint density at radius 2 is 2.00 bits per heavy atom. The molecule has 1 atom stereocenters. The lowest BCUT2D eigenvalue weighted by atomic mass is 10.1. The first kappa shape index (κ1) is 13.7. The molecule has 0 spiro atoms. The summed E-state index contributed by atoms with van der Waals surface area (Å²) in [6, 6.07) is 5.16. The first-order valence-electron chi connectivity index (χ1n) is 5.06. The van der Waals surface area contributed by atoms with Gasteiger partial charge in [0.25, 0.3) is 0 Å². The third-order valence-electron chi connectivity index (χ3n) is 2.15. The number of benzene rings is 1. The first-order chi connectivity index (χ1) is 7.56. The maximum atomic E-state index is 11.7. The van der Waals surface area contributed by atoms with Gasteiger partial charge in [-0.1, -0.05) is 19.4 Å². The van der Waals surface area contributed by atoms with E-state index in [0.717, 1.165) is 21.1 Å². The molecule has 0 bridgehead atoms. The van der Waals surface area contributed by atoms with Gasteiger partial charge in [0.15, 0.2) is 0 Å². The Hall–Kier alpha value is -0.390. The number of hydrogen-bond acceptors (Lipinski definition) is 2. The van der Waals surface area contributed by atoms with Crippen molar-refractivity contribution in [3.05, 3.63) is 27.1 Å². The average Bonchev–Trinajstić information content (AvgIpc) is 2.23. The summed E-state index contributed by atoms with van der Waals surface area (Å²) in [6.45, 7) is 2.00. The molecule has 0 aliphatic rings. The monoisotopic (exact) mass is 348 g/mol. The van der Waals surface area contributed by atoms with Gasteiger partial charge in [0.2, 0.25) is 5.91 Å². The van der Waals surface area contributed by atoms with Crippen LogP contribution >= 0.6 is 31.9 Å². The van der Waals surface area contributed by atoms with Crippen molar-refractivity contribution < 1.29 is 4.79 Å². The summed E-state index contributed by atoms with van der Waals surface area (Å²) in [4.78, 5) is 11.7. The molecule has 0 fully saturated rings. The molecule has 5 heteroatoms. The number of amides is 1. The van der Waals surface area contributed by atoms with Crippen LogP contribution in [0.4, 0.5) is 5.69 Å². The van der Waals surface area contributed by atoms with Gasteiger partial charge >= 0.3 is 0 Å². The molecule has 1 aromatic rings. The maximum Gasteiger partial charge on any atom is 0.241 e. The Kier molecular flexibility index (Phi) is 5.44. The van der Waals surface area contributed by atoms with E-state index in [1.54, 1.807) is 0 Å². The Morgan fingerprint density at radius 3 is 2.50 bits per heavy atom. The maximum absolute atomic E-state index is 11.7. The van der Waals surface area contributed by atoms with Crippen molar-refractivity contribution in [2.24, 2.45) is 5.73 Å². The van der Waals surface area contributed by atoms with Gasteiger partial charge < -0.3 is 11.1 Å². The van der Waals surface area contributed by atoms with Crippen molar-refractivity contribution in [1.82, 2.24) is 0 Å². The molecule has 0 aliphatic heterocycles. The summed E-state index contributed by atoms with van der Waals surface area (Å²) in [5.74, 6) is -0.158. The fraction of sp³-hybridized carbons (Fsp3) is 0.364. The number of para-hydroxylation sites is 1. The zero-order valence-corrected chi connectivity index (χ0v) is 12.1. The van der Waals surface area contributed by atoms with Crippen LogP contribution in [0, 0.1) is 0 Å². The predicted octanol–water partition coefficient (Wildman–Crippen LogP) is 3.28. The zero-order chi connectivity index (χ0) is 12.1. The molecule has 0 heterocycles. The summed E-state index contributed by atoms with van der Waals surface area (Å²) in [7, 11) is 0. The third kappa shape index (κ3) is 3.57. The second-order valence-corrected chi connectivity index (χ2v) is 5.19. The van der Waals surface area contributed by atoms with Crippen LogP contribution < -0.4 is 11.1 Å². The SMILES string of the molecule is CCC[C@@H](N)C(=O)Nc1c(Br)cccc1Br. The van der Waals surface area contributed by atoms with Gasteiger partial charge in [-0.25, -0.2) is 0 Å². The first-order valence-corrected chi connectivity index (χ1v) is 6.65. The summed E-state index contributed by atoms with van der Waals surface area (Å²) in [6.07, 6.45) is 1.58. The quantitative estimate of drug-likeness (QED) is 0.876. The molecule has 0 saturated carbocycles. The molecule has 16 heavy (non-hydrogen) atoms. The normalized spacial score (nSPS) is 12.2. The van der Waals surface area contributed by atoms with E-state index < -0.39 is 6.04 Å². The van der Waals surface area contributed by atoms with Crippen molar-refractivity contribution in [2.45, 2.75) is 25.8 Å². The molecule has 1 aromatic carbocycles. The Labute approximate surface area is 112 Å². The van der Waals surface area contributed by atoms with Crippen LogP contribution in [-0.2, 0) is 4.79 Å². The van der Waals surface area contributed by atoms with E-state index in [4.69, 9.17) is 5.73 Å². The smallest absolute Gasteiger partial charge is 0.241 e. The van der Waals surface area contributed by atoms with Gasteiger partial charge in [-0.2, -0.15) is 0 Å². The van der Waals surface area contributed by atoms with Gasteiger partial charge in [0, 0.05) is 8.95 Å². The van der Waals surface area contributed by atoms with Crippen molar-refractivity contribution in [1.29, 1.82) is 0 Å². The molecule has 3 N–H and O–H groups in total. The topological polar surface area (TPSA) is 55.1 Å². The number of rotatable bonds is 4. The number of halogens is 2. The van der Waals surface area contributed by atoms with Crippen LogP contribution in [0.15, 0.2) is 27.1 Å². The molecule has 1 rings (SSSR count). The van der Waals surface area contributed by atoms with E-state index >= 15 is 0 Å². The van der Waals surface area contributed by atoms with E-state index in [-0.39, 0.29) is 5.91 Å². The number of anilines is 1. The second-order valence-electron chi connectivity index (χ2n) is 3.48. The van der Waals surface area contributed by atoms with Crippen LogP contribution in [-0.4, -0.2) is 11.9 Å². The highest BCUT2D eigenvalue weighted by Crippen LogP contribution is 2.30. The summed E-state index contributed by atoms with van der Waals surface area (Å²) >= 11 is 6.76. The highest BCUT2D eigenvalue weighted by Gasteiger charge is 2.14. The van der Waals surface area contributed by atoms with Crippen LogP contribution in [0.1, 0.15) is 19.8 Å².